The fourth-order valence-corrected chi connectivity index (χ4v) is 2.16. The molecule has 1 aromatic carbocycles. The predicted molar refractivity (Wildman–Crippen MR) is 54.3 cm³/mol. The van der Waals surface area contributed by atoms with Crippen LogP contribution in [0.25, 0.3) is 0 Å². The van der Waals surface area contributed by atoms with Crippen molar-refractivity contribution in [3.05, 3.63) is 28.8 Å². The van der Waals surface area contributed by atoms with Gasteiger partial charge in [-0.05, 0) is 29.4 Å². The lowest BCUT2D eigenvalue weighted by Gasteiger charge is -2.29. The first-order valence-electron chi connectivity index (χ1n) is 4.96. The molecule has 0 radical (unpaired) electrons. The van der Waals surface area contributed by atoms with E-state index in [0.29, 0.717) is 17.6 Å². The predicted octanol–water partition coefficient (Wildman–Crippen LogP) is 3.18. The molecular formula is C12H16O. The number of fused-ring (bicyclic) bond motifs is 1. The zero-order chi connectivity index (χ0) is 9.59. The second kappa shape index (κ2) is 2.76. The number of benzene rings is 1. The number of hydrogen-bond acceptors (Lipinski definition) is 1. The quantitative estimate of drug-likeness (QED) is 0.696. The molecule has 0 spiro atoms. The smallest absolute Gasteiger partial charge is 0.122 e. The molecular weight excluding hydrogens is 160 g/mol. The monoisotopic (exact) mass is 176 g/mol. The van der Waals surface area contributed by atoms with Gasteiger partial charge in [0, 0.05) is 5.56 Å². The molecule has 70 valence electrons. The van der Waals surface area contributed by atoms with Crippen molar-refractivity contribution in [2.45, 2.75) is 39.0 Å². The number of aromatic hydroxyl groups is 1. The third kappa shape index (κ3) is 1.14. The van der Waals surface area contributed by atoms with Gasteiger partial charge in [-0.1, -0.05) is 32.9 Å². The first kappa shape index (κ1) is 8.61. The fraction of sp³-hybridized carbons (Fsp3) is 0.500. The Balaban J connectivity index is 2.52. The molecule has 0 aromatic heterocycles. The molecule has 1 aromatic rings. The third-order valence-electron chi connectivity index (χ3n) is 2.98. The Kier molecular flexibility index (Phi) is 1.83. The van der Waals surface area contributed by atoms with Crippen molar-refractivity contribution in [1.29, 1.82) is 0 Å². The first-order chi connectivity index (χ1) is 6.11. The third-order valence-corrected chi connectivity index (χ3v) is 2.98. The molecule has 0 bridgehead atoms. The summed E-state index contributed by atoms with van der Waals surface area (Å²) in [5.41, 5.74) is 3.60. The number of hydrogen-bond donors (Lipinski definition) is 1. The molecule has 1 aliphatic carbocycles. The zero-order valence-electron chi connectivity index (χ0n) is 8.46. The maximum Gasteiger partial charge on any atom is 0.122 e. The molecule has 1 aliphatic rings. The minimum Gasteiger partial charge on any atom is -0.507 e. The SMILES string of the molecule is CC(C)c1ccc2c(c1O)[C@H](C)C2. The minimum atomic E-state index is 0.415. The Bertz CT molecular complexity index is 339. The van der Waals surface area contributed by atoms with Gasteiger partial charge < -0.3 is 5.11 Å². The van der Waals surface area contributed by atoms with Crippen molar-refractivity contribution in [1.82, 2.24) is 0 Å². The van der Waals surface area contributed by atoms with Crippen LogP contribution in [0.5, 0.6) is 5.75 Å². The molecule has 0 fully saturated rings. The molecule has 0 unspecified atom stereocenters. The van der Waals surface area contributed by atoms with Gasteiger partial charge in [-0.15, -0.1) is 0 Å². The second-order valence-electron chi connectivity index (χ2n) is 4.34. The maximum atomic E-state index is 9.97. The van der Waals surface area contributed by atoms with E-state index in [1.165, 1.54) is 11.1 Å². The van der Waals surface area contributed by atoms with E-state index in [1.807, 2.05) is 0 Å². The first-order valence-corrected chi connectivity index (χ1v) is 4.96. The van der Waals surface area contributed by atoms with Crippen LogP contribution >= 0.6 is 0 Å². The normalized spacial score (nSPS) is 19.8. The maximum absolute atomic E-state index is 9.97. The van der Waals surface area contributed by atoms with Crippen LogP contribution in [-0.2, 0) is 6.42 Å². The van der Waals surface area contributed by atoms with Gasteiger partial charge in [0.1, 0.15) is 5.75 Å². The molecule has 0 heterocycles. The van der Waals surface area contributed by atoms with Crippen molar-refractivity contribution in [2.75, 3.05) is 0 Å². The highest BCUT2D eigenvalue weighted by Gasteiger charge is 2.27. The van der Waals surface area contributed by atoms with Gasteiger partial charge in [0.05, 0.1) is 0 Å². The topological polar surface area (TPSA) is 20.2 Å². The van der Waals surface area contributed by atoms with Crippen LogP contribution in [0.15, 0.2) is 12.1 Å². The summed E-state index contributed by atoms with van der Waals surface area (Å²) in [6.45, 7) is 6.40. The van der Waals surface area contributed by atoms with Crippen LogP contribution in [0.4, 0.5) is 0 Å². The lowest BCUT2D eigenvalue weighted by Crippen LogP contribution is -2.15. The van der Waals surface area contributed by atoms with E-state index in [-0.39, 0.29) is 0 Å². The van der Waals surface area contributed by atoms with E-state index in [2.05, 4.69) is 32.9 Å². The van der Waals surface area contributed by atoms with Crippen molar-refractivity contribution < 1.29 is 5.11 Å². The molecule has 13 heavy (non-hydrogen) atoms. The molecule has 0 saturated heterocycles. The Hall–Kier alpha value is -0.980. The van der Waals surface area contributed by atoms with Crippen LogP contribution in [-0.4, -0.2) is 5.11 Å². The van der Waals surface area contributed by atoms with Crippen LogP contribution < -0.4 is 0 Å². The second-order valence-corrected chi connectivity index (χ2v) is 4.34. The Morgan fingerprint density at radius 3 is 2.62 bits per heavy atom. The van der Waals surface area contributed by atoms with E-state index in [0.717, 1.165) is 12.0 Å². The molecule has 1 N–H and O–H groups in total. The highest BCUT2D eigenvalue weighted by atomic mass is 16.3. The number of phenolic OH excluding ortho intramolecular Hbond substituents is 1. The van der Waals surface area contributed by atoms with Crippen molar-refractivity contribution in [2.24, 2.45) is 0 Å². The highest BCUT2D eigenvalue weighted by molar-refractivity contribution is 5.53. The van der Waals surface area contributed by atoms with E-state index in [4.69, 9.17) is 0 Å². The molecule has 1 nitrogen and oxygen atoms in total. The molecule has 0 saturated carbocycles. The Morgan fingerprint density at radius 1 is 1.38 bits per heavy atom. The summed E-state index contributed by atoms with van der Waals surface area (Å²) < 4.78 is 0. The van der Waals surface area contributed by atoms with Crippen LogP contribution in [0, 0.1) is 0 Å². The molecule has 1 heteroatoms. The Labute approximate surface area is 79.4 Å². The van der Waals surface area contributed by atoms with Crippen molar-refractivity contribution in [3.8, 4) is 5.75 Å². The van der Waals surface area contributed by atoms with Crippen LogP contribution in [0.1, 0.15) is 49.3 Å². The van der Waals surface area contributed by atoms with Gasteiger partial charge in [-0.2, -0.15) is 0 Å². The minimum absolute atomic E-state index is 0.415. The summed E-state index contributed by atoms with van der Waals surface area (Å²) in [6, 6.07) is 4.22. The van der Waals surface area contributed by atoms with Gasteiger partial charge in [-0.25, -0.2) is 0 Å². The summed E-state index contributed by atoms with van der Waals surface area (Å²) in [6.07, 6.45) is 1.13. The van der Waals surface area contributed by atoms with Gasteiger partial charge in [-0.3, -0.25) is 0 Å². The van der Waals surface area contributed by atoms with E-state index >= 15 is 0 Å². The molecule has 0 aliphatic heterocycles. The van der Waals surface area contributed by atoms with Gasteiger partial charge in [0.25, 0.3) is 0 Å². The largest absolute Gasteiger partial charge is 0.507 e. The average Bonchev–Trinajstić information content (AvgIpc) is 2.01. The lowest BCUT2D eigenvalue weighted by atomic mass is 9.76. The summed E-state index contributed by atoms with van der Waals surface area (Å²) >= 11 is 0. The van der Waals surface area contributed by atoms with Crippen LogP contribution in [0.3, 0.4) is 0 Å². The number of rotatable bonds is 1. The van der Waals surface area contributed by atoms with Crippen LogP contribution in [0.2, 0.25) is 0 Å². The summed E-state index contributed by atoms with van der Waals surface area (Å²) in [5, 5.41) is 9.97. The summed E-state index contributed by atoms with van der Waals surface area (Å²) in [4.78, 5) is 0. The summed E-state index contributed by atoms with van der Waals surface area (Å²) in [5.74, 6) is 1.51. The van der Waals surface area contributed by atoms with Crippen molar-refractivity contribution >= 4 is 0 Å². The molecule has 0 amide bonds. The van der Waals surface area contributed by atoms with Gasteiger partial charge >= 0.3 is 0 Å². The van der Waals surface area contributed by atoms with Gasteiger partial charge in [0.15, 0.2) is 0 Å². The number of phenols is 1. The highest BCUT2D eigenvalue weighted by Crippen LogP contribution is 2.44. The van der Waals surface area contributed by atoms with E-state index in [1.54, 1.807) is 0 Å². The summed E-state index contributed by atoms with van der Waals surface area (Å²) in [7, 11) is 0. The average molecular weight is 176 g/mol. The molecule has 1 atom stereocenters. The van der Waals surface area contributed by atoms with E-state index < -0.39 is 0 Å². The molecule has 2 rings (SSSR count). The fourth-order valence-electron chi connectivity index (χ4n) is 2.16. The van der Waals surface area contributed by atoms with Crippen molar-refractivity contribution in [3.63, 3.8) is 0 Å². The Morgan fingerprint density at radius 2 is 2.08 bits per heavy atom. The standard InChI is InChI=1S/C12H16O/c1-7(2)10-5-4-9-6-8(3)11(9)12(10)13/h4-5,7-8,13H,6H2,1-3H3/t8-/m1/s1. The van der Waals surface area contributed by atoms with Gasteiger partial charge in [0.2, 0.25) is 0 Å². The van der Waals surface area contributed by atoms with E-state index in [9.17, 15) is 5.11 Å². The zero-order valence-corrected chi connectivity index (χ0v) is 8.46. The lowest BCUT2D eigenvalue weighted by molar-refractivity contribution is 0.441.